The summed E-state index contributed by atoms with van der Waals surface area (Å²) in [6, 6.07) is 24.0. The summed E-state index contributed by atoms with van der Waals surface area (Å²) in [5.74, 6) is -0.944. The quantitative estimate of drug-likeness (QED) is 0.364. The zero-order chi connectivity index (χ0) is 24.8. The van der Waals surface area contributed by atoms with Gasteiger partial charge < -0.3 is 25.8 Å². The first-order valence-electron chi connectivity index (χ1n) is 11.7. The third-order valence-corrected chi connectivity index (χ3v) is 6.50. The van der Waals surface area contributed by atoms with Crippen molar-refractivity contribution in [3.63, 3.8) is 0 Å². The minimum Gasteiger partial charge on any atom is -0.496 e. The van der Waals surface area contributed by atoms with Gasteiger partial charge in [-0.15, -0.1) is 0 Å². The van der Waals surface area contributed by atoms with E-state index in [0.29, 0.717) is 30.0 Å². The highest BCUT2D eigenvalue weighted by atomic mass is 16.5. The van der Waals surface area contributed by atoms with Crippen molar-refractivity contribution in [1.29, 1.82) is 5.26 Å². The van der Waals surface area contributed by atoms with Crippen LogP contribution in [0.3, 0.4) is 0 Å². The minimum absolute atomic E-state index is 0.000684. The Balaban J connectivity index is 1.52. The molecule has 3 aromatic carbocycles. The van der Waals surface area contributed by atoms with Crippen LogP contribution in [0, 0.1) is 11.3 Å². The summed E-state index contributed by atoms with van der Waals surface area (Å²) in [7, 11) is 1.56. The predicted molar refractivity (Wildman–Crippen MR) is 137 cm³/mol. The second kappa shape index (κ2) is 10.9. The van der Waals surface area contributed by atoms with Crippen LogP contribution >= 0.6 is 0 Å². The second-order valence-corrected chi connectivity index (χ2v) is 8.70. The van der Waals surface area contributed by atoms with E-state index in [4.69, 9.17) is 4.74 Å². The van der Waals surface area contributed by atoms with Gasteiger partial charge in [-0.1, -0.05) is 48.5 Å². The number of carbonyl (C=O) groups is 1. The van der Waals surface area contributed by atoms with E-state index in [2.05, 4.69) is 34.2 Å². The first-order valence-corrected chi connectivity index (χ1v) is 11.7. The maximum atomic E-state index is 11.5. The molecule has 0 saturated carbocycles. The van der Waals surface area contributed by atoms with Crippen LogP contribution in [0.1, 0.15) is 41.1 Å². The van der Waals surface area contributed by atoms with Gasteiger partial charge in [-0.2, -0.15) is 5.26 Å². The molecule has 7 heteroatoms. The van der Waals surface area contributed by atoms with Crippen LogP contribution in [-0.4, -0.2) is 37.3 Å². The summed E-state index contributed by atoms with van der Waals surface area (Å²) in [5.41, 5.74) is 5.25. The Morgan fingerprint density at radius 2 is 2.00 bits per heavy atom. The van der Waals surface area contributed by atoms with Crippen LogP contribution < -0.4 is 20.7 Å². The summed E-state index contributed by atoms with van der Waals surface area (Å²) in [4.78, 5) is 11.5. The smallest absolute Gasteiger partial charge is 0.310 e. The lowest BCUT2D eigenvalue weighted by Gasteiger charge is -2.35. The van der Waals surface area contributed by atoms with E-state index in [1.54, 1.807) is 14.0 Å². The molecule has 0 spiro atoms. The van der Waals surface area contributed by atoms with Gasteiger partial charge in [0.15, 0.2) is 0 Å². The number of hydrogen-bond donors (Lipinski definition) is 4. The molecule has 0 aromatic heterocycles. The highest BCUT2D eigenvalue weighted by Crippen LogP contribution is 2.33. The minimum atomic E-state index is -0.879. The summed E-state index contributed by atoms with van der Waals surface area (Å²) in [5, 5.41) is 29.8. The maximum absolute atomic E-state index is 11.5. The Labute approximate surface area is 205 Å². The van der Waals surface area contributed by atoms with Crippen molar-refractivity contribution in [3.8, 4) is 11.8 Å². The first-order chi connectivity index (χ1) is 17.0. The van der Waals surface area contributed by atoms with Crippen LogP contribution in [0.2, 0.25) is 0 Å². The molecule has 0 amide bonds. The Kier molecular flexibility index (Phi) is 7.54. The number of benzene rings is 3. The number of hydrogen-bond acceptors (Lipinski definition) is 6. The number of anilines is 2. The molecule has 0 saturated heterocycles. The lowest BCUT2D eigenvalue weighted by Crippen LogP contribution is -2.44. The number of rotatable bonds is 9. The van der Waals surface area contributed by atoms with Gasteiger partial charge in [0.1, 0.15) is 11.8 Å². The Bertz CT molecular complexity index is 1220. The molecule has 4 rings (SSSR count). The van der Waals surface area contributed by atoms with Crippen molar-refractivity contribution in [3.05, 3.63) is 89.0 Å². The number of methoxy groups -OCH3 is 1. The van der Waals surface area contributed by atoms with E-state index in [-0.39, 0.29) is 12.1 Å². The van der Waals surface area contributed by atoms with Crippen molar-refractivity contribution in [2.24, 2.45) is 0 Å². The van der Waals surface area contributed by atoms with E-state index in [1.165, 1.54) is 0 Å². The summed E-state index contributed by atoms with van der Waals surface area (Å²) < 4.78 is 5.38. The van der Waals surface area contributed by atoms with Gasteiger partial charge in [0.25, 0.3) is 0 Å². The zero-order valence-corrected chi connectivity index (χ0v) is 19.9. The summed E-state index contributed by atoms with van der Waals surface area (Å²) >= 11 is 0. The zero-order valence-electron chi connectivity index (χ0n) is 19.9. The number of ether oxygens (including phenoxy) is 1. The van der Waals surface area contributed by atoms with Gasteiger partial charge in [0.05, 0.1) is 42.0 Å². The first kappa shape index (κ1) is 24.1. The highest BCUT2D eigenvalue weighted by molar-refractivity contribution is 5.78. The van der Waals surface area contributed by atoms with Crippen molar-refractivity contribution in [1.82, 2.24) is 5.32 Å². The number of carboxylic acid groups (broad SMARTS) is 1. The number of nitriles is 1. The Morgan fingerprint density at radius 3 is 2.71 bits per heavy atom. The van der Waals surface area contributed by atoms with Crippen LogP contribution in [0.15, 0.2) is 66.7 Å². The molecule has 1 aliphatic rings. The van der Waals surface area contributed by atoms with Crippen LogP contribution in [-0.2, 0) is 11.2 Å². The van der Waals surface area contributed by atoms with Crippen molar-refractivity contribution >= 4 is 17.3 Å². The highest BCUT2D eigenvalue weighted by Gasteiger charge is 2.28. The van der Waals surface area contributed by atoms with Gasteiger partial charge in [0.2, 0.25) is 0 Å². The van der Waals surface area contributed by atoms with Gasteiger partial charge in [0, 0.05) is 12.1 Å². The van der Waals surface area contributed by atoms with Crippen LogP contribution in [0.25, 0.3) is 0 Å². The molecule has 0 radical (unpaired) electrons. The predicted octanol–water partition coefficient (Wildman–Crippen LogP) is 4.53. The lowest BCUT2D eigenvalue weighted by atomic mass is 9.95. The molecule has 35 heavy (non-hydrogen) atoms. The van der Waals surface area contributed by atoms with Gasteiger partial charge in [-0.25, -0.2) is 0 Å². The number of nitrogens with zero attached hydrogens (tertiary/aromatic N) is 1. The molecule has 0 unspecified atom stereocenters. The van der Waals surface area contributed by atoms with Gasteiger partial charge >= 0.3 is 5.97 Å². The van der Waals surface area contributed by atoms with E-state index in [9.17, 15) is 15.2 Å². The Hall–Kier alpha value is -4.02. The van der Waals surface area contributed by atoms with E-state index in [0.717, 1.165) is 28.9 Å². The SMILES string of the molecule is COc1ccc(CCN[C@H](c2ccccc2)[C@H]2CNc3cccc(C#N)c3N2)cc1[C@@H](C)C(=O)O. The summed E-state index contributed by atoms with van der Waals surface area (Å²) in [6.45, 7) is 3.07. The average molecular weight is 471 g/mol. The fraction of sp³-hybridized carbons (Fsp3) is 0.286. The molecule has 3 atom stereocenters. The molecule has 180 valence electrons. The molecule has 1 aliphatic heterocycles. The molecule has 4 N–H and O–H groups in total. The number of fused-ring (bicyclic) bond motifs is 1. The maximum Gasteiger partial charge on any atom is 0.310 e. The third-order valence-electron chi connectivity index (χ3n) is 6.50. The molecule has 0 bridgehead atoms. The second-order valence-electron chi connectivity index (χ2n) is 8.70. The molecule has 0 fully saturated rings. The number of nitrogens with one attached hydrogen (secondary N) is 3. The molecule has 1 heterocycles. The normalized spacial score (nSPS) is 16.1. The molecule has 0 aliphatic carbocycles. The number of para-hydroxylation sites is 1. The van der Waals surface area contributed by atoms with Crippen molar-refractivity contribution in [2.75, 3.05) is 30.8 Å². The topological polar surface area (TPSA) is 106 Å². The lowest BCUT2D eigenvalue weighted by molar-refractivity contribution is -0.138. The van der Waals surface area contributed by atoms with E-state index < -0.39 is 11.9 Å². The van der Waals surface area contributed by atoms with E-state index >= 15 is 0 Å². The largest absolute Gasteiger partial charge is 0.496 e. The molecule has 3 aromatic rings. The monoisotopic (exact) mass is 470 g/mol. The average Bonchev–Trinajstić information content (AvgIpc) is 2.90. The number of aliphatic carboxylic acids is 1. The van der Waals surface area contributed by atoms with Crippen molar-refractivity contribution in [2.45, 2.75) is 31.3 Å². The fourth-order valence-corrected chi connectivity index (χ4v) is 4.54. The molecule has 7 nitrogen and oxygen atoms in total. The number of carboxylic acids is 1. The Morgan fingerprint density at radius 1 is 1.20 bits per heavy atom. The standard InChI is InChI=1S/C28H30N4O3/c1-18(28(33)34)22-15-19(11-12-25(22)35-2)13-14-30-26(20-7-4-3-5-8-20)24-17-31-23-10-6-9-21(16-29)27(23)32-24/h3-12,15,18,24,26,30-32H,13-14,17H2,1-2H3,(H,33,34)/t18-,24-,26-/m1/s1. The van der Waals surface area contributed by atoms with Crippen LogP contribution in [0.4, 0.5) is 11.4 Å². The van der Waals surface area contributed by atoms with E-state index in [1.807, 2.05) is 54.6 Å². The third kappa shape index (κ3) is 5.39. The summed E-state index contributed by atoms with van der Waals surface area (Å²) in [6.07, 6.45) is 0.729. The molecular weight excluding hydrogens is 440 g/mol. The van der Waals surface area contributed by atoms with Gasteiger partial charge in [-0.3, -0.25) is 4.79 Å². The van der Waals surface area contributed by atoms with Gasteiger partial charge in [-0.05, 0) is 49.2 Å². The molecular formula is C28H30N4O3. The fourth-order valence-electron chi connectivity index (χ4n) is 4.54. The van der Waals surface area contributed by atoms with Crippen LogP contribution in [0.5, 0.6) is 5.75 Å². The van der Waals surface area contributed by atoms with Crippen molar-refractivity contribution < 1.29 is 14.6 Å².